The second-order valence-corrected chi connectivity index (χ2v) is 8.87. The lowest BCUT2D eigenvalue weighted by molar-refractivity contribution is 0.0383. The fourth-order valence-electron chi connectivity index (χ4n) is 3.20. The number of benzene rings is 1. The van der Waals surface area contributed by atoms with Gasteiger partial charge in [0.25, 0.3) is 5.91 Å². The van der Waals surface area contributed by atoms with E-state index < -0.39 is 0 Å². The van der Waals surface area contributed by atoms with Crippen LogP contribution in [0.2, 0.25) is 0 Å². The number of nitrogens with zero attached hydrogens (tertiary/aromatic N) is 2. The number of halogens is 2. The Hall–Kier alpha value is -1.82. The Morgan fingerprint density at radius 2 is 2.14 bits per heavy atom. The van der Waals surface area contributed by atoms with Crippen molar-refractivity contribution in [2.75, 3.05) is 44.7 Å². The second kappa shape index (κ2) is 9.33. The van der Waals surface area contributed by atoms with Gasteiger partial charge in [0.2, 0.25) is 0 Å². The fourth-order valence-corrected chi connectivity index (χ4v) is 4.71. The van der Waals surface area contributed by atoms with Crippen molar-refractivity contribution in [1.29, 1.82) is 0 Å². The molecule has 29 heavy (non-hydrogen) atoms. The van der Waals surface area contributed by atoms with E-state index in [4.69, 9.17) is 4.74 Å². The number of carbonyl (C=O) groups is 1. The van der Waals surface area contributed by atoms with Gasteiger partial charge in [-0.05, 0) is 52.9 Å². The first-order valence-corrected chi connectivity index (χ1v) is 11.2. The molecule has 3 heterocycles. The summed E-state index contributed by atoms with van der Waals surface area (Å²) in [5.74, 6) is -0.549. The van der Waals surface area contributed by atoms with Crippen LogP contribution in [-0.2, 0) is 4.74 Å². The highest BCUT2D eigenvalue weighted by Gasteiger charge is 2.21. The van der Waals surface area contributed by atoms with Crippen molar-refractivity contribution in [2.45, 2.75) is 0 Å². The van der Waals surface area contributed by atoms with Gasteiger partial charge in [-0.1, -0.05) is 11.3 Å². The Kier molecular flexibility index (Phi) is 6.58. The molecule has 1 saturated heterocycles. The molecule has 1 aromatic carbocycles. The Bertz CT molecular complexity index is 1020. The zero-order valence-corrected chi connectivity index (χ0v) is 18.6. The molecule has 3 aromatic rings. The van der Waals surface area contributed by atoms with E-state index in [-0.39, 0.29) is 11.7 Å². The molecule has 1 amide bonds. The van der Waals surface area contributed by atoms with Crippen molar-refractivity contribution >= 4 is 60.7 Å². The lowest BCUT2D eigenvalue weighted by atomic mass is 10.2. The number of hydrogen-bond donors (Lipinski definition) is 2. The molecular formula is C20H20FIN4O2S. The number of ether oxygens (including phenoxy) is 1. The summed E-state index contributed by atoms with van der Waals surface area (Å²) in [5, 5.41) is 7.43. The van der Waals surface area contributed by atoms with Crippen molar-refractivity contribution in [3.63, 3.8) is 0 Å². The highest BCUT2D eigenvalue weighted by Crippen LogP contribution is 2.36. The summed E-state index contributed by atoms with van der Waals surface area (Å²) >= 11 is 3.41. The number of hydrogen-bond acceptors (Lipinski definition) is 6. The number of amides is 1. The van der Waals surface area contributed by atoms with Gasteiger partial charge in [-0.3, -0.25) is 9.69 Å². The fraction of sp³-hybridized carbons (Fsp3) is 0.300. The molecule has 9 heteroatoms. The van der Waals surface area contributed by atoms with Gasteiger partial charge < -0.3 is 15.4 Å². The van der Waals surface area contributed by atoms with Crippen molar-refractivity contribution in [1.82, 2.24) is 15.2 Å². The molecule has 0 aliphatic carbocycles. The van der Waals surface area contributed by atoms with Crippen LogP contribution in [0.5, 0.6) is 0 Å². The number of carbonyl (C=O) groups excluding carboxylic acids is 1. The van der Waals surface area contributed by atoms with E-state index in [1.54, 1.807) is 18.3 Å². The van der Waals surface area contributed by atoms with Crippen LogP contribution in [0.1, 0.15) is 10.4 Å². The molecule has 6 nitrogen and oxygen atoms in total. The Morgan fingerprint density at radius 3 is 2.93 bits per heavy atom. The summed E-state index contributed by atoms with van der Waals surface area (Å²) in [5.41, 5.74) is 0.831. The molecule has 1 aliphatic rings. The van der Waals surface area contributed by atoms with Crippen molar-refractivity contribution in [2.24, 2.45) is 0 Å². The van der Waals surface area contributed by atoms with Crippen LogP contribution in [-0.4, -0.2) is 55.2 Å². The smallest absolute Gasteiger partial charge is 0.255 e. The number of anilines is 2. The Morgan fingerprint density at radius 1 is 1.31 bits per heavy atom. The number of aromatic nitrogens is 1. The molecule has 1 fully saturated rings. The van der Waals surface area contributed by atoms with E-state index in [9.17, 15) is 9.18 Å². The predicted octanol–water partition coefficient (Wildman–Crippen LogP) is 3.85. The molecule has 0 bridgehead atoms. The molecule has 152 valence electrons. The molecule has 2 N–H and O–H groups in total. The number of morpholine rings is 1. The maximum atomic E-state index is 14.3. The van der Waals surface area contributed by atoms with Crippen molar-refractivity contribution < 1.29 is 13.9 Å². The second-order valence-electron chi connectivity index (χ2n) is 6.62. The average molecular weight is 526 g/mol. The van der Waals surface area contributed by atoms with Gasteiger partial charge in [0, 0.05) is 41.3 Å². The molecule has 4 rings (SSSR count). The van der Waals surface area contributed by atoms with Crippen molar-refractivity contribution in [3.05, 3.63) is 51.5 Å². The first-order valence-electron chi connectivity index (χ1n) is 9.30. The summed E-state index contributed by atoms with van der Waals surface area (Å²) in [6.45, 7) is 4.51. The largest absolute Gasteiger partial charge is 0.379 e. The maximum absolute atomic E-state index is 14.3. The zero-order valence-electron chi connectivity index (χ0n) is 15.6. The van der Waals surface area contributed by atoms with Gasteiger partial charge in [0.15, 0.2) is 0 Å². The van der Waals surface area contributed by atoms with E-state index in [1.807, 2.05) is 12.1 Å². The quantitative estimate of drug-likeness (QED) is 0.478. The van der Waals surface area contributed by atoms with E-state index >= 15 is 0 Å². The number of thiophene rings is 1. The van der Waals surface area contributed by atoms with Crippen LogP contribution in [0.3, 0.4) is 0 Å². The minimum absolute atomic E-state index is 0.189. The van der Waals surface area contributed by atoms with Gasteiger partial charge in [-0.2, -0.15) is 0 Å². The number of fused-ring (bicyclic) bond motifs is 1. The zero-order chi connectivity index (χ0) is 20.2. The molecule has 1 aliphatic heterocycles. The number of nitrogens with one attached hydrogen (secondary N) is 2. The minimum atomic E-state index is -0.360. The van der Waals surface area contributed by atoms with Crippen molar-refractivity contribution in [3.8, 4) is 0 Å². The van der Waals surface area contributed by atoms with Gasteiger partial charge in [-0.15, -0.1) is 0 Å². The van der Waals surface area contributed by atoms with Gasteiger partial charge in [-0.25, -0.2) is 9.37 Å². The van der Waals surface area contributed by atoms with Crippen LogP contribution in [0, 0.1) is 9.39 Å². The first-order chi connectivity index (χ1) is 14.1. The molecule has 0 saturated carbocycles. The van der Waals surface area contributed by atoms with Gasteiger partial charge in [0.1, 0.15) is 15.6 Å². The summed E-state index contributed by atoms with van der Waals surface area (Å²) in [6.07, 6.45) is 1.69. The minimum Gasteiger partial charge on any atom is -0.379 e. The third-order valence-electron chi connectivity index (χ3n) is 4.69. The summed E-state index contributed by atoms with van der Waals surface area (Å²) in [7, 11) is 0. The number of pyridine rings is 1. The van der Waals surface area contributed by atoms with E-state index in [0.717, 1.165) is 46.6 Å². The molecule has 0 radical (unpaired) electrons. The molecule has 0 spiro atoms. The maximum Gasteiger partial charge on any atom is 0.255 e. The molecular weight excluding hydrogens is 506 g/mol. The molecule has 0 atom stereocenters. The number of rotatable bonds is 6. The topological polar surface area (TPSA) is 66.5 Å². The van der Waals surface area contributed by atoms with Gasteiger partial charge >= 0.3 is 0 Å². The first kappa shape index (κ1) is 20.5. The lowest BCUT2D eigenvalue weighted by Gasteiger charge is -2.26. The summed E-state index contributed by atoms with van der Waals surface area (Å²) < 4.78 is 20.5. The average Bonchev–Trinajstić information content (AvgIpc) is 3.09. The Labute approximate surface area is 185 Å². The Balaban J connectivity index is 1.55. The standard InChI is InChI=1S/C20H20FIN4O2S/c21-15-12-13(22)3-4-16(15)25-20-17(14-2-1-5-24-19(14)29-20)18(27)23-6-7-26-8-10-28-11-9-26/h1-5,12,25H,6-11H2,(H,23,27). The molecule has 0 unspecified atom stereocenters. The third-order valence-corrected chi connectivity index (χ3v) is 6.39. The third kappa shape index (κ3) is 4.85. The van der Waals surface area contributed by atoms with Crippen LogP contribution >= 0.6 is 33.9 Å². The summed E-state index contributed by atoms with van der Waals surface area (Å²) in [4.78, 5) is 20.4. The normalized spacial score (nSPS) is 14.8. The predicted molar refractivity (Wildman–Crippen MR) is 122 cm³/mol. The lowest BCUT2D eigenvalue weighted by Crippen LogP contribution is -2.41. The van der Waals surface area contributed by atoms with E-state index in [0.29, 0.717) is 22.8 Å². The van der Waals surface area contributed by atoms with Crippen LogP contribution < -0.4 is 10.6 Å². The van der Waals surface area contributed by atoms with Crippen LogP contribution in [0.4, 0.5) is 15.1 Å². The van der Waals surface area contributed by atoms with Crippen LogP contribution in [0.15, 0.2) is 36.5 Å². The highest BCUT2D eigenvalue weighted by atomic mass is 127. The molecule has 2 aromatic heterocycles. The van der Waals surface area contributed by atoms with E-state index in [1.165, 1.54) is 17.4 Å². The highest BCUT2D eigenvalue weighted by molar-refractivity contribution is 14.1. The van der Waals surface area contributed by atoms with Gasteiger partial charge in [0.05, 0.1) is 24.5 Å². The SMILES string of the molecule is O=C(NCCN1CCOCC1)c1c(Nc2ccc(I)cc2F)sc2ncccc12. The van der Waals surface area contributed by atoms with Crippen LogP contribution in [0.25, 0.3) is 10.2 Å². The summed E-state index contributed by atoms with van der Waals surface area (Å²) in [6, 6.07) is 8.62. The monoisotopic (exact) mass is 526 g/mol. The van der Waals surface area contributed by atoms with E-state index in [2.05, 4.69) is 43.1 Å².